The van der Waals surface area contributed by atoms with Crippen molar-refractivity contribution in [1.82, 2.24) is 0 Å². The molecule has 0 aliphatic carbocycles. The lowest BCUT2D eigenvalue weighted by molar-refractivity contribution is 0.405. The second-order valence-electron chi connectivity index (χ2n) is 4.47. The molecule has 0 bridgehead atoms. The summed E-state index contributed by atoms with van der Waals surface area (Å²) in [5, 5.41) is 12.9. The third-order valence-electron chi connectivity index (χ3n) is 3.04. The molecule has 5 heteroatoms. The van der Waals surface area contributed by atoms with Gasteiger partial charge in [-0.1, -0.05) is 17.7 Å². The molecule has 4 nitrogen and oxygen atoms in total. The van der Waals surface area contributed by atoms with Crippen LogP contribution in [0.25, 0.3) is 0 Å². The summed E-state index contributed by atoms with van der Waals surface area (Å²) in [6.45, 7) is 1.94. The third kappa shape index (κ3) is 3.21. The Morgan fingerprint density at radius 3 is 2.38 bits per heavy atom. The molecule has 0 aliphatic rings. The first-order chi connectivity index (χ1) is 10.1. The van der Waals surface area contributed by atoms with E-state index in [1.807, 2.05) is 25.1 Å². The molecule has 0 saturated heterocycles. The van der Waals surface area contributed by atoms with Gasteiger partial charge in [0.15, 0.2) is 0 Å². The molecule has 0 saturated carbocycles. The Bertz CT molecular complexity index is 708. The molecule has 1 N–H and O–H groups in total. The van der Waals surface area contributed by atoms with Gasteiger partial charge >= 0.3 is 0 Å². The minimum Gasteiger partial charge on any atom is -0.495 e. The molecule has 108 valence electrons. The maximum Gasteiger partial charge on any atom is 0.144 e. The van der Waals surface area contributed by atoms with E-state index in [9.17, 15) is 5.26 Å². The Balaban J connectivity index is 2.46. The molecule has 0 heterocycles. The van der Waals surface area contributed by atoms with Crippen molar-refractivity contribution in [3.63, 3.8) is 0 Å². The first-order valence-corrected chi connectivity index (χ1v) is 6.66. The van der Waals surface area contributed by atoms with E-state index in [2.05, 4.69) is 11.4 Å². The van der Waals surface area contributed by atoms with Gasteiger partial charge in [0.05, 0.1) is 36.2 Å². The van der Waals surface area contributed by atoms with Gasteiger partial charge in [-0.3, -0.25) is 0 Å². The van der Waals surface area contributed by atoms with Gasteiger partial charge in [0.25, 0.3) is 0 Å². The molecule has 2 rings (SSSR count). The van der Waals surface area contributed by atoms with Gasteiger partial charge < -0.3 is 14.8 Å². The number of ether oxygens (including phenoxy) is 2. The Morgan fingerprint density at radius 1 is 1.05 bits per heavy atom. The molecular weight excluding hydrogens is 288 g/mol. The fourth-order valence-electron chi connectivity index (χ4n) is 1.96. The molecular formula is C16H15ClN2O2. The maximum atomic E-state index is 9.23. The minimum absolute atomic E-state index is 0.462. The number of nitriles is 1. The quantitative estimate of drug-likeness (QED) is 0.916. The molecule has 0 radical (unpaired) electrons. The van der Waals surface area contributed by atoms with Gasteiger partial charge in [-0.25, -0.2) is 0 Å². The largest absolute Gasteiger partial charge is 0.495 e. The predicted molar refractivity (Wildman–Crippen MR) is 83.7 cm³/mol. The summed E-state index contributed by atoms with van der Waals surface area (Å²) >= 11 is 6.08. The van der Waals surface area contributed by atoms with Crippen molar-refractivity contribution < 1.29 is 9.47 Å². The maximum absolute atomic E-state index is 9.23. The Hall–Kier alpha value is -2.38. The van der Waals surface area contributed by atoms with E-state index in [4.69, 9.17) is 21.1 Å². The van der Waals surface area contributed by atoms with Crippen molar-refractivity contribution in [2.45, 2.75) is 6.92 Å². The molecule has 0 amide bonds. The smallest absolute Gasteiger partial charge is 0.144 e. The number of methoxy groups -OCH3 is 2. The zero-order chi connectivity index (χ0) is 15.4. The number of nitrogens with zero attached hydrogens (tertiary/aromatic N) is 1. The van der Waals surface area contributed by atoms with Crippen molar-refractivity contribution in [2.24, 2.45) is 0 Å². The molecule has 2 aromatic rings. The van der Waals surface area contributed by atoms with Gasteiger partial charge in [-0.05, 0) is 24.6 Å². The van der Waals surface area contributed by atoms with E-state index in [1.54, 1.807) is 26.4 Å². The summed E-state index contributed by atoms with van der Waals surface area (Å²) in [6.07, 6.45) is 0. The summed E-state index contributed by atoms with van der Waals surface area (Å²) in [6, 6.07) is 11.2. The van der Waals surface area contributed by atoms with E-state index in [1.165, 1.54) is 0 Å². The second kappa shape index (κ2) is 6.38. The number of hydrogen-bond donors (Lipinski definition) is 1. The van der Waals surface area contributed by atoms with Crippen LogP contribution in [0.15, 0.2) is 30.3 Å². The highest BCUT2D eigenvalue weighted by molar-refractivity contribution is 6.32. The van der Waals surface area contributed by atoms with Gasteiger partial charge in [0.1, 0.15) is 17.6 Å². The van der Waals surface area contributed by atoms with E-state index >= 15 is 0 Å². The highest BCUT2D eigenvalue weighted by atomic mass is 35.5. The van der Waals surface area contributed by atoms with Crippen LogP contribution >= 0.6 is 11.6 Å². The molecule has 21 heavy (non-hydrogen) atoms. The molecule has 0 atom stereocenters. The normalized spacial score (nSPS) is 9.86. The third-order valence-corrected chi connectivity index (χ3v) is 3.33. The predicted octanol–water partition coefficient (Wildman–Crippen LogP) is 4.28. The highest BCUT2D eigenvalue weighted by Gasteiger charge is 2.11. The first kappa shape index (κ1) is 15.0. The zero-order valence-electron chi connectivity index (χ0n) is 12.0. The first-order valence-electron chi connectivity index (χ1n) is 6.28. The molecule has 0 aromatic heterocycles. The Kier molecular flexibility index (Phi) is 4.56. The number of aryl methyl sites for hydroxylation is 1. The van der Waals surface area contributed by atoms with Gasteiger partial charge in [0, 0.05) is 12.1 Å². The average molecular weight is 303 g/mol. The lowest BCUT2D eigenvalue weighted by Crippen LogP contribution is -1.98. The summed E-state index contributed by atoms with van der Waals surface area (Å²) in [4.78, 5) is 0. The Morgan fingerprint density at radius 2 is 1.76 bits per heavy atom. The molecule has 0 unspecified atom stereocenters. The lowest BCUT2D eigenvalue weighted by Gasteiger charge is -2.15. The summed E-state index contributed by atoms with van der Waals surface area (Å²) in [5.74, 6) is 1.11. The summed E-state index contributed by atoms with van der Waals surface area (Å²) < 4.78 is 10.5. The van der Waals surface area contributed by atoms with Crippen molar-refractivity contribution in [2.75, 3.05) is 19.5 Å². The van der Waals surface area contributed by atoms with Gasteiger partial charge in [0.2, 0.25) is 0 Å². The van der Waals surface area contributed by atoms with E-state index in [0.29, 0.717) is 33.5 Å². The van der Waals surface area contributed by atoms with Crippen molar-refractivity contribution in [1.29, 1.82) is 5.26 Å². The zero-order valence-corrected chi connectivity index (χ0v) is 12.8. The van der Waals surface area contributed by atoms with Crippen molar-refractivity contribution >= 4 is 23.0 Å². The van der Waals surface area contributed by atoms with Crippen LogP contribution in [-0.2, 0) is 0 Å². The van der Waals surface area contributed by atoms with Crippen molar-refractivity contribution in [3.05, 3.63) is 46.5 Å². The standard InChI is InChI=1S/C16H15ClN2O2/c1-10-4-5-13(11(6-10)9-18)19-14-8-15(20-2)12(17)7-16(14)21-3/h4-8,19H,1-3H3. The van der Waals surface area contributed by atoms with Crippen LogP contribution in [0.2, 0.25) is 5.02 Å². The summed E-state index contributed by atoms with van der Waals surface area (Å²) in [5.41, 5.74) is 2.97. The van der Waals surface area contributed by atoms with Crippen molar-refractivity contribution in [3.8, 4) is 17.6 Å². The topological polar surface area (TPSA) is 54.3 Å². The van der Waals surface area contributed by atoms with E-state index in [-0.39, 0.29) is 0 Å². The number of benzene rings is 2. The van der Waals surface area contributed by atoms with Crippen LogP contribution in [0.5, 0.6) is 11.5 Å². The number of rotatable bonds is 4. The molecule has 2 aromatic carbocycles. The average Bonchev–Trinajstić information content (AvgIpc) is 2.50. The minimum atomic E-state index is 0.462. The molecule has 0 fully saturated rings. The fourth-order valence-corrected chi connectivity index (χ4v) is 2.19. The fraction of sp³-hybridized carbons (Fsp3) is 0.188. The number of nitrogens with one attached hydrogen (secondary N) is 1. The van der Waals surface area contributed by atoms with Gasteiger partial charge in [-0.15, -0.1) is 0 Å². The van der Waals surface area contributed by atoms with Crippen LogP contribution < -0.4 is 14.8 Å². The van der Waals surface area contributed by atoms with Gasteiger partial charge in [-0.2, -0.15) is 5.26 Å². The van der Waals surface area contributed by atoms with Crippen LogP contribution in [0.3, 0.4) is 0 Å². The SMILES string of the molecule is COc1cc(Nc2ccc(C)cc2C#N)c(OC)cc1Cl. The van der Waals surface area contributed by atoms with E-state index < -0.39 is 0 Å². The number of anilines is 2. The van der Waals surface area contributed by atoms with E-state index in [0.717, 1.165) is 5.56 Å². The van der Waals surface area contributed by atoms with Crippen LogP contribution in [0, 0.1) is 18.3 Å². The Labute approximate surface area is 128 Å². The van der Waals surface area contributed by atoms with Crippen LogP contribution in [0.4, 0.5) is 11.4 Å². The number of hydrogen-bond acceptors (Lipinski definition) is 4. The second-order valence-corrected chi connectivity index (χ2v) is 4.88. The number of halogens is 1. The monoisotopic (exact) mass is 302 g/mol. The lowest BCUT2D eigenvalue weighted by atomic mass is 10.1. The highest BCUT2D eigenvalue weighted by Crippen LogP contribution is 2.37. The van der Waals surface area contributed by atoms with Crippen LogP contribution in [0.1, 0.15) is 11.1 Å². The summed E-state index contributed by atoms with van der Waals surface area (Å²) in [7, 11) is 3.10. The molecule has 0 aliphatic heterocycles. The molecule has 0 spiro atoms. The van der Waals surface area contributed by atoms with Crippen LogP contribution in [-0.4, -0.2) is 14.2 Å².